The van der Waals surface area contributed by atoms with Gasteiger partial charge in [-0.2, -0.15) is 0 Å². The molecule has 0 aliphatic carbocycles. The lowest BCUT2D eigenvalue weighted by molar-refractivity contribution is -0.148. The van der Waals surface area contributed by atoms with Crippen molar-refractivity contribution in [2.24, 2.45) is 0 Å². The van der Waals surface area contributed by atoms with Gasteiger partial charge < -0.3 is 9.47 Å². The third-order valence-corrected chi connectivity index (χ3v) is 4.03. The zero-order chi connectivity index (χ0) is 18.0. The molecule has 6 nitrogen and oxygen atoms in total. The molecule has 0 saturated carbocycles. The largest absolute Gasteiger partial charge is 0.496 e. The number of rotatable bonds is 5. The van der Waals surface area contributed by atoms with Gasteiger partial charge in [0.05, 0.1) is 24.8 Å². The first-order valence-electron chi connectivity index (χ1n) is 7.86. The molecule has 0 fully saturated rings. The minimum Gasteiger partial charge on any atom is -0.496 e. The van der Waals surface area contributed by atoms with Crippen LogP contribution in [0, 0.1) is 0 Å². The summed E-state index contributed by atoms with van der Waals surface area (Å²) in [5.74, 6) is -1.33. The quantitative estimate of drug-likeness (QED) is 0.618. The van der Waals surface area contributed by atoms with Crippen molar-refractivity contribution in [1.82, 2.24) is 4.90 Å². The van der Waals surface area contributed by atoms with Crippen molar-refractivity contribution in [2.75, 3.05) is 13.7 Å². The molecule has 0 spiro atoms. The van der Waals surface area contributed by atoms with Crippen LogP contribution in [0.15, 0.2) is 48.5 Å². The van der Waals surface area contributed by atoms with E-state index >= 15 is 0 Å². The Kier molecular flexibility index (Phi) is 4.52. The smallest absolute Gasteiger partial charge is 0.334 e. The Hall–Kier alpha value is -3.15. The number of fused-ring (bicyclic) bond motifs is 1. The van der Waals surface area contributed by atoms with Crippen LogP contribution >= 0.6 is 0 Å². The summed E-state index contributed by atoms with van der Waals surface area (Å²) in [5, 5.41) is 0. The number of methoxy groups -OCH3 is 1. The fraction of sp³-hybridized carbons (Fsp3) is 0.211. The Morgan fingerprint density at radius 2 is 1.56 bits per heavy atom. The van der Waals surface area contributed by atoms with Crippen LogP contribution < -0.4 is 4.74 Å². The second kappa shape index (κ2) is 6.76. The van der Waals surface area contributed by atoms with Gasteiger partial charge in [-0.15, -0.1) is 0 Å². The van der Waals surface area contributed by atoms with Gasteiger partial charge in [-0.05, 0) is 25.1 Å². The molecule has 1 aliphatic heterocycles. The summed E-state index contributed by atoms with van der Waals surface area (Å²) >= 11 is 0. The van der Waals surface area contributed by atoms with Gasteiger partial charge in [0.25, 0.3) is 11.8 Å². The highest BCUT2D eigenvalue weighted by Gasteiger charge is 2.45. The summed E-state index contributed by atoms with van der Waals surface area (Å²) < 4.78 is 10.4. The highest BCUT2D eigenvalue weighted by Crippen LogP contribution is 2.36. The minimum absolute atomic E-state index is 0.133. The fourth-order valence-corrected chi connectivity index (χ4v) is 2.93. The molecule has 1 unspecified atom stereocenters. The highest BCUT2D eigenvalue weighted by molar-refractivity contribution is 6.22. The third-order valence-electron chi connectivity index (χ3n) is 4.03. The van der Waals surface area contributed by atoms with E-state index in [1.54, 1.807) is 55.5 Å². The van der Waals surface area contributed by atoms with Crippen LogP contribution in [0.4, 0.5) is 0 Å². The number of esters is 1. The molecule has 1 aliphatic rings. The SMILES string of the molecule is CCOC(=O)C(c1ccccc1OC)N1C(=O)c2ccccc2C1=O. The molecule has 2 aromatic carbocycles. The number of hydrogen-bond acceptors (Lipinski definition) is 5. The average Bonchev–Trinajstić information content (AvgIpc) is 2.88. The van der Waals surface area contributed by atoms with E-state index in [9.17, 15) is 14.4 Å². The molecule has 1 atom stereocenters. The Labute approximate surface area is 145 Å². The van der Waals surface area contributed by atoms with Crippen LogP contribution in [0.1, 0.15) is 39.2 Å². The van der Waals surface area contributed by atoms with Crippen LogP contribution in [0.5, 0.6) is 5.75 Å². The van der Waals surface area contributed by atoms with E-state index in [0.29, 0.717) is 11.3 Å². The topological polar surface area (TPSA) is 72.9 Å². The molecule has 0 bridgehead atoms. The molecule has 2 amide bonds. The Morgan fingerprint density at radius 3 is 2.12 bits per heavy atom. The van der Waals surface area contributed by atoms with Crippen LogP contribution in [-0.4, -0.2) is 36.4 Å². The first kappa shape index (κ1) is 16.7. The predicted molar refractivity (Wildman–Crippen MR) is 89.3 cm³/mol. The van der Waals surface area contributed by atoms with Crippen molar-refractivity contribution in [2.45, 2.75) is 13.0 Å². The second-order valence-corrected chi connectivity index (χ2v) is 5.42. The summed E-state index contributed by atoms with van der Waals surface area (Å²) in [6.07, 6.45) is 0. The maximum atomic E-state index is 12.8. The molecular formula is C19H17NO5. The molecule has 128 valence electrons. The van der Waals surface area contributed by atoms with Crippen LogP contribution in [0.25, 0.3) is 0 Å². The number of carbonyl (C=O) groups is 3. The second-order valence-electron chi connectivity index (χ2n) is 5.42. The molecule has 6 heteroatoms. The summed E-state index contributed by atoms with van der Waals surface area (Å²) in [4.78, 5) is 39.1. The number of nitrogens with zero attached hydrogens (tertiary/aromatic N) is 1. The summed E-state index contributed by atoms with van der Waals surface area (Å²) in [7, 11) is 1.46. The van der Waals surface area contributed by atoms with Crippen molar-refractivity contribution in [3.8, 4) is 5.75 Å². The Bertz CT molecular complexity index is 810. The van der Waals surface area contributed by atoms with Crippen molar-refractivity contribution in [3.05, 3.63) is 65.2 Å². The highest BCUT2D eigenvalue weighted by atomic mass is 16.5. The molecule has 3 rings (SSSR count). The zero-order valence-electron chi connectivity index (χ0n) is 13.9. The number of ether oxygens (including phenoxy) is 2. The lowest BCUT2D eigenvalue weighted by Gasteiger charge is -2.26. The number of benzene rings is 2. The van der Waals surface area contributed by atoms with Crippen LogP contribution in [0.3, 0.4) is 0 Å². The van der Waals surface area contributed by atoms with Gasteiger partial charge in [-0.3, -0.25) is 14.5 Å². The normalized spacial score (nSPS) is 14.2. The molecule has 0 saturated heterocycles. The average molecular weight is 339 g/mol. The summed E-state index contributed by atoms with van der Waals surface area (Å²) in [6, 6.07) is 12.0. The van der Waals surface area contributed by atoms with E-state index in [4.69, 9.17) is 9.47 Å². The lowest BCUT2D eigenvalue weighted by atomic mass is 10.0. The van der Waals surface area contributed by atoms with E-state index in [1.807, 2.05) is 0 Å². The van der Waals surface area contributed by atoms with Gasteiger partial charge in [0, 0.05) is 5.56 Å². The Balaban J connectivity index is 2.12. The van der Waals surface area contributed by atoms with Gasteiger partial charge in [-0.1, -0.05) is 30.3 Å². The van der Waals surface area contributed by atoms with Crippen molar-refractivity contribution in [1.29, 1.82) is 0 Å². The number of carbonyl (C=O) groups excluding carboxylic acids is 3. The molecule has 0 N–H and O–H groups in total. The van der Waals surface area contributed by atoms with Crippen LogP contribution in [0.2, 0.25) is 0 Å². The molecule has 2 aromatic rings. The summed E-state index contributed by atoms with van der Waals surface area (Å²) in [5.41, 5.74) is 0.950. The van der Waals surface area contributed by atoms with E-state index in [1.165, 1.54) is 7.11 Å². The third kappa shape index (κ3) is 2.76. The fourth-order valence-electron chi connectivity index (χ4n) is 2.93. The summed E-state index contributed by atoms with van der Waals surface area (Å²) in [6.45, 7) is 1.80. The van der Waals surface area contributed by atoms with Crippen molar-refractivity contribution < 1.29 is 23.9 Å². The number of para-hydroxylation sites is 1. The monoisotopic (exact) mass is 339 g/mol. The minimum atomic E-state index is -1.21. The van der Waals surface area contributed by atoms with E-state index < -0.39 is 23.8 Å². The first-order chi connectivity index (χ1) is 12.1. The number of imide groups is 1. The van der Waals surface area contributed by atoms with Crippen molar-refractivity contribution in [3.63, 3.8) is 0 Å². The van der Waals surface area contributed by atoms with Crippen LogP contribution in [-0.2, 0) is 9.53 Å². The van der Waals surface area contributed by atoms with Gasteiger partial charge in [-0.25, -0.2) is 4.79 Å². The molecule has 25 heavy (non-hydrogen) atoms. The number of hydrogen-bond donors (Lipinski definition) is 0. The zero-order valence-corrected chi connectivity index (χ0v) is 13.9. The van der Waals surface area contributed by atoms with E-state index in [-0.39, 0.29) is 17.7 Å². The first-order valence-corrected chi connectivity index (χ1v) is 7.86. The molecule has 0 radical (unpaired) electrons. The van der Waals surface area contributed by atoms with Gasteiger partial charge >= 0.3 is 5.97 Å². The van der Waals surface area contributed by atoms with E-state index in [0.717, 1.165) is 4.90 Å². The Morgan fingerprint density at radius 1 is 1.00 bits per heavy atom. The maximum Gasteiger partial charge on any atom is 0.334 e. The van der Waals surface area contributed by atoms with E-state index in [2.05, 4.69) is 0 Å². The maximum absolute atomic E-state index is 12.8. The van der Waals surface area contributed by atoms with Gasteiger partial charge in [0.15, 0.2) is 6.04 Å². The number of amides is 2. The van der Waals surface area contributed by atoms with Gasteiger partial charge in [0.2, 0.25) is 0 Å². The van der Waals surface area contributed by atoms with Crippen molar-refractivity contribution >= 4 is 17.8 Å². The standard InChI is InChI=1S/C19H17NO5/c1-3-25-19(23)16(14-10-6-7-11-15(14)24-2)20-17(21)12-8-4-5-9-13(12)18(20)22/h4-11,16H,3H2,1-2H3. The lowest BCUT2D eigenvalue weighted by Crippen LogP contribution is -2.39. The molecular weight excluding hydrogens is 322 g/mol. The molecule has 1 heterocycles. The van der Waals surface area contributed by atoms with Gasteiger partial charge in [0.1, 0.15) is 5.75 Å². The predicted octanol–water partition coefficient (Wildman–Crippen LogP) is 2.60. The molecule has 0 aromatic heterocycles.